The second-order valence-corrected chi connectivity index (χ2v) is 6.63. The minimum Gasteiger partial charge on any atom is -0.358 e. The summed E-state index contributed by atoms with van der Waals surface area (Å²) in [5, 5.41) is 4.24. The van der Waals surface area contributed by atoms with Crippen LogP contribution in [-0.2, 0) is 6.54 Å². The molecule has 0 aliphatic carbocycles. The summed E-state index contributed by atoms with van der Waals surface area (Å²) in [6.45, 7) is 5.85. The van der Waals surface area contributed by atoms with Crippen LogP contribution in [0.4, 0.5) is 0 Å². The normalized spacial score (nSPS) is 15.4. The molecule has 130 valence electrons. The summed E-state index contributed by atoms with van der Waals surface area (Å²) in [4.78, 5) is 4.74. The van der Waals surface area contributed by atoms with Gasteiger partial charge in [-0.15, -0.1) is 0 Å². The van der Waals surface area contributed by atoms with Gasteiger partial charge in [-0.25, -0.2) is 0 Å². The van der Waals surface area contributed by atoms with Crippen molar-refractivity contribution in [3.63, 3.8) is 0 Å². The predicted molar refractivity (Wildman–Crippen MR) is 109 cm³/mol. The third kappa shape index (κ3) is 5.69. The summed E-state index contributed by atoms with van der Waals surface area (Å²) in [5.41, 5.74) is 2.52. The number of nitrogens with one attached hydrogen (secondary N) is 1. The van der Waals surface area contributed by atoms with E-state index in [-0.39, 0.29) is 0 Å². The zero-order valence-electron chi connectivity index (χ0n) is 14.5. The maximum atomic E-state index is 5.55. The second kappa shape index (κ2) is 9.35. The van der Waals surface area contributed by atoms with Gasteiger partial charge in [0.15, 0.2) is 5.11 Å². The van der Waals surface area contributed by atoms with Crippen molar-refractivity contribution in [2.24, 2.45) is 0 Å². The van der Waals surface area contributed by atoms with Crippen LogP contribution in [0.25, 0.3) is 6.08 Å². The number of nitrogens with zero attached hydrogens (tertiary/aromatic N) is 2. The lowest BCUT2D eigenvalue weighted by molar-refractivity contribution is 0.197. The van der Waals surface area contributed by atoms with Gasteiger partial charge in [-0.1, -0.05) is 72.8 Å². The molecule has 1 N–H and O–H groups in total. The van der Waals surface area contributed by atoms with E-state index in [1.165, 1.54) is 11.1 Å². The molecule has 3 nitrogen and oxygen atoms in total. The summed E-state index contributed by atoms with van der Waals surface area (Å²) < 4.78 is 0. The predicted octanol–water partition coefficient (Wildman–Crippen LogP) is 3.39. The Labute approximate surface area is 156 Å². The molecule has 2 aromatic carbocycles. The molecule has 3 rings (SSSR count). The lowest BCUT2D eigenvalue weighted by atomic mass is 10.2. The Morgan fingerprint density at radius 3 is 2.24 bits per heavy atom. The maximum absolute atomic E-state index is 5.55. The first-order valence-electron chi connectivity index (χ1n) is 8.82. The Morgan fingerprint density at radius 2 is 1.56 bits per heavy atom. The average Bonchev–Trinajstić information content (AvgIpc) is 2.68. The molecule has 1 aliphatic rings. The molecule has 2 aromatic rings. The number of rotatable bonds is 5. The summed E-state index contributed by atoms with van der Waals surface area (Å²) >= 11 is 5.55. The molecule has 0 amide bonds. The quantitative estimate of drug-likeness (QED) is 0.832. The van der Waals surface area contributed by atoms with E-state index in [4.69, 9.17) is 12.2 Å². The highest BCUT2D eigenvalue weighted by Gasteiger charge is 2.17. The molecule has 0 bridgehead atoms. The number of hydrogen-bond acceptors (Lipinski definition) is 2. The van der Waals surface area contributed by atoms with Crippen LogP contribution in [0.2, 0.25) is 0 Å². The van der Waals surface area contributed by atoms with Gasteiger partial charge in [0.05, 0.1) is 0 Å². The van der Waals surface area contributed by atoms with E-state index < -0.39 is 0 Å². The van der Waals surface area contributed by atoms with Crippen LogP contribution in [0.15, 0.2) is 66.7 Å². The molecular formula is C21H25N3S. The van der Waals surface area contributed by atoms with Crippen molar-refractivity contribution in [1.29, 1.82) is 0 Å². The zero-order chi connectivity index (χ0) is 17.3. The molecule has 1 saturated heterocycles. The van der Waals surface area contributed by atoms with Crippen LogP contribution < -0.4 is 5.32 Å². The highest BCUT2D eigenvalue weighted by Crippen LogP contribution is 2.05. The monoisotopic (exact) mass is 351 g/mol. The molecule has 0 radical (unpaired) electrons. The Hall–Kier alpha value is -2.17. The minimum absolute atomic E-state index is 0.791. The van der Waals surface area contributed by atoms with Crippen LogP contribution in [0, 0.1) is 0 Å². The van der Waals surface area contributed by atoms with Crippen molar-refractivity contribution in [2.75, 3.05) is 32.7 Å². The van der Waals surface area contributed by atoms with Crippen molar-refractivity contribution in [3.8, 4) is 0 Å². The smallest absolute Gasteiger partial charge is 0.169 e. The fraction of sp³-hybridized carbons (Fsp3) is 0.286. The summed E-state index contributed by atoms with van der Waals surface area (Å²) in [6.07, 6.45) is 4.44. The first-order chi connectivity index (χ1) is 12.3. The van der Waals surface area contributed by atoms with Crippen molar-refractivity contribution in [2.45, 2.75) is 6.54 Å². The van der Waals surface area contributed by atoms with Gasteiger partial charge in [0, 0.05) is 39.3 Å². The molecule has 0 spiro atoms. The van der Waals surface area contributed by atoms with Crippen molar-refractivity contribution in [3.05, 3.63) is 77.9 Å². The molecule has 0 unspecified atom stereocenters. The van der Waals surface area contributed by atoms with Crippen molar-refractivity contribution < 1.29 is 0 Å². The third-order valence-corrected chi connectivity index (χ3v) is 4.82. The van der Waals surface area contributed by atoms with Gasteiger partial charge in [-0.3, -0.25) is 4.90 Å². The number of thiocarbonyl (C=S) groups is 1. The van der Waals surface area contributed by atoms with Crippen LogP contribution in [0.5, 0.6) is 0 Å². The van der Waals surface area contributed by atoms with Gasteiger partial charge < -0.3 is 10.2 Å². The van der Waals surface area contributed by atoms with E-state index in [1.54, 1.807) is 0 Å². The number of piperazine rings is 1. The molecule has 1 heterocycles. The molecule has 4 heteroatoms. The SMILES string of the molecule is S=C(NCc1ccccc1)N1CCN(CC=Cc2ccccc2)CC1. The van der Waals surface area contributed by atoms with Gasteiger partial charge >= 0.3 is 0 Å². The molecule has 0 atom stereocenters. The van der Waals surface area contributed by atoms with Crippen LogP contribution in [0.3, 0.4) is 0 Å². The summed E-state index contributed by atoms with van der Waals surface area (Å²) in [6, 6.07) is 20.8. The standard InChI is InChI=1S/C21H25N3S/c25-21(22-18-20-10-5-2-6-11-20)24-16-14-23(15-17-24)13-7-12-19-8-3-1-4-9-19/h1-12H,13-18H2,(H,22,25). The molecular weight excluding hydrogens is 326 g/mol. The fourth-order valence-corrected chi connectivity index (χ4v) is 3.18. The number of hydrogen-bond donors (Lipinski definition) is 1. The zero-order valence-corrected chi connectivity index (χ0v) is 15.3. The van der Waals surface area contributed by atoms with E-state index in [0.717, 1.165) is 44.4 Å². The Bertz CT molecular complexity index is 677. The highest BCUT2D eigenvalue weighted by molar-refractivity contribution is 7.80. The minimum atomic E-state index is 0.791. The first-order valence-corrected chi connectivity index (χ1v) is 9.23. The van der Waals surface area contributed by atoms with E-state index in [9.17, 15) is 0 Å². The molecule has 0 saturated carbocycles. The topological polar surface area (TPSA) is 18.5 Å². The molecule has 1 fully saturated rings. The van der Waals surface area contributed by atoms with E-state index in [1.807, 2.05) is 12.1 Å². The third-order valence-electron chi connectivity index (χ3n) is 4.42. The van der Waals surface area contributed by atoms with Crippen molar-refractivity contribution >= 4 is 23.4 Å². The van der Waals surface area contributed by atoms with Crippen LogP contribution in [0.1, 0.15) is 11.1 Å². The molecule has 25 heavy (non-hydrogen) atoms. The van der Waals surface area contributed by atoms with E-state index in [2.05, 4.69) is 75.8 Å². The summed E-state index contributed by atoms with van der Waals surface area (Å²) in [5.74, 6) is 0. The summed E-state index contributed by atoms with van der Waals surface area (Å²) in [7, 11) is 0. The molecule has 1 aliphatic heterocycles. The Kier molecular flexibility index (Phi) is 6.60. The molecule has 0 aromatic heterocycles. The van der Waals surface area contributed by atoms with Gasteiger partial charge in [-0.05, 0) is 23.3 Å². The lowest BCUT2D eigenvalue weighted by Gasteiger charge is -2.35. The average molecular weight is 352 g/mol. The van der Waals surface area contributed by atoms with Crippen LogP contribution in [-0.4, -0.2) is 47.6 Å². The highest BCUT2D eigenvalue weighted by atomic mass is 32.1. The largest absolute Gasteiger partial charge is 0.358 e. The van der Waals surface area contributed by atoms with Gasteiger partial charge in [0.25, 0.3) is 0 Å². The van der Waals surface area contributed by atoms with Crippen LogP contribution >= 0.6 is 12.2 Å². The van der Waals surface area contributed by atoms with Crippen molar-refractivity contribution in [1.82, 2.24) is 15.1 Å². The van der Waals surface area contributed by atoms with E-state index in [0.29, 0.717) is 0 Å². The van der Waals surface area contributed by atoms with E-state index >= 15 is 0 Å². The van der Waals surface area contributed by atoms with Gasteiger partial charge in [0.1, 0.15) is 0 Å². The lowest BCUT2D eigenvalue weighted by Crippen LogP contribution is -2.51. The maximum Gasteiger partial charge on any atom is 0.169 e. The Morgan fingerprint density at radius 1 is 0.920 bits per heavy atom. The number of benzene rings is 2. The second-order valence-electron chi connectivity index (χ2n) is 6.25. The Balaban J connectivity index is 1.38. The van der Waals surface area contributed by atoms with Gasteiger partial charge in [-0.2, -0.15) is 0 Å². The first kappa shape index (κ1) is 17.6. The fourth-order valence-electron chi connectivity index (χ4n) is 2.92. The van der Waals surface area contributed by atoms with Gasteiger partial charge in [0.2, 0.25) is 0 Å².